The van der Waals surface area contributed by atoms with Crippen LogP contribution in [0.5, 0.6) is 11.5 Å². The number of nitrogens with zero attached hydrogens (tertiary/aromatic N) is 2. The molecule has 0 aromatic heterocycles. The van der Waals surface area contributed by atoms with Gasteiger partial charge in [0.05, 0.1) is 22.2 Å². The minimum atomic E-state index is -4.69. The molecule has 4 aromatic rings. The van der Waals surface area contributed by atoms with Crippen LogP contribution in [0.25, 0.3) is 10.8 Å². The summed E-state index contributed by atoms with van der Waals surface area (Å²) >= 11 is 12.5. The number of benzene rings is 4. The summed E-state index contributed by atoms with van der Waals surface area (Å²) in [5.74, 6) is -0.760. The van der Waals surface area contributed by atoms with Crippen LogP contribution in [-0.4, -0.2) is 30.6 Å². The quantitative estimate of drug-likeness (QED) is 0.142. The van der Waals surface area contributed by atoms with Crippen molar-refractivity contribution in [3.05, 3.63) is 81.8 Å². The van der Waals surface area contributed by atoms with Gasteiger partial charge in [-0.05, 0) is 48.6 Å². The first-order valence-corrected chi connectivity index (χ1v) is 13.9. The summed E-state index contributed by atoms with van der Waals surface area (Å²) in [4.78, 5) is 12.7. The number of phenolic OH excluding ortho intramolecular Hbond substituents is 1. The highest BCUT2D eigenvalue weighted by Crippen LogP contribution is 2.42. The van der Waals surface area contributed by atoms with Gasteiger partial charge in [-0.1, -0.05) is 60.5 Å². The molecule has 0 radical (unpaired) electrons. The van der Waals surface area contributed by atoms with Crippen molar-refractivity contribution in [2.45, 2.75) is 25.2 Å². The van der Waals surface area contributed by atoms with E-state index in [1.807, 2.05) is 6.92 Å². The summed E-state index contributed by atoms with van der Waals surface area (Å²) in [5, 5.41) is 23.3. The first-order chi connectivity index (χ1) is 18.5. The van der Waals surface area contributed by atoms with E-state index in [2.05, 4.69) is 15.5 Å². The predicted molar refractivity (Wildman–Crippen MR) is 151 cm³/mol. The predicted octanol–water partition coefficient (Wildman–Crippen LogP) is 7.73. The van der Waals surface area contributed by atoms with Crippen LogP contribution in [0.1, 0.15) is 29.8 Å². The Bertz CT molecular complexity index is 1720. The molecule has 12 heteroatoms. The van der Waals surface area contributed by atoms with Gasteiger partial charge in [0.25, 0.3) is 16.0 Å². The lowest BCUT2D eigenvalue weighted by molar-refractivity contribution is 0.102. The van der Waals surface area contributed by atoms with E-state index in [-0.39, 0.29) is 22.0 Å². The van der Waals surface area contributed by atoms with Crippen molar-refractivity contribution in [1.82, 2.24) is 0 Å². The number of aromatic hydroxyl groups is 1. The second-order valence-corrected chi connectivity index (χ2v) is 10.5. The molecule has 0 aliphatic rings. The zero-order valence-electron chi connectivity index (χ0n) is 20.8. The van der Waals surface area contributed by atoms with E-state index in [0.29, 0.717) is 45.8 Å². The van der Waals surface area contributed by atoms with Crippen LogP contribution in [0.3, 0.4) is 0 Å². The van der Waals surface area contributed by atoms with Crippen LogP contribution in [0.4, 0.5) is 17.1 Å². The van der Waals surface area contributed by atoms with E-state index in [1.54, 1.807) is 49.4 Å². The van der Waals surface area contributed by atoms with E-state index in [1.165, 1.54) is 18.2 Å². The topological polar surface area (TPSA) is 138 Å². The number of carbonyl (C=O) groups is 1. The van der Waals surface area contributed by atoms with Crippen molar-refractivity contribution in [3.8, 4) is 11.5 Å². The number of hydrogen-bond donors (Lipinski definition) is 3. The normalized spacial score (nSPS) is 11.7. The lowest BCUT2D eigenvalue weighted by atomic mass is 10.0. The number of carbonyl (C=O) groups excluding carboxylic acids is 1. The van der Waals surface area contributed by atoms with Gasteiger partial charge in [0.2, 0.25) is 0 Å². The van der Waals surface area contributed by atoms with Gasteiger partial charge >= 0.3 is 0 Å². The summed E-state index contributed by atoms with van der Waals surface area (Å²) < 4.78 is 39.1. The number of fused-ring (bicyclic) bond motifs is 1. The molecule has 39 heavy (non-hydrogen) atoms. The zero-order chi connectivity index (χ0) is 28.3. The molecule has 9 nitrogen and oxygen atoms in total. The molecule has 0 fully saturated rings. The van der Waals surface area contributed by atoms with Gasteiger partial charge < -0.3 is 15.2 Å². The Balaban J connectivity index is 1.83. The van der Waals surface area contributed by atoms with Crippen molar-refractivity contribution >= 4 is 67.1 Å². The van der Waals surface area contributed by atoms with Gasteiger partial charge in [0.15, 0.2) is 5.75 Å². The standard InChI is InChI=1S/C27H23Cl2N3O6S/c1-3-15-9-12-22(39(35,36)37)25(23(15)29)32-31-24-18-8-6-5-7-16(18)13-19(26(24)33)27(34)30-17-10-11-20(28)21(14-17)38-4-2/h5-14,33H,3-4H2,1-2H3,(H,30,34)(H,35,36,37). The van der Waals surface area contributed by atoms with Crippen molar-refractivity contribution < 1.29 is 27.6 Å². The molecule has 0 atom stereocenters. The molecule has 0 spiro atoms. The van der Waals surface area contributed by atoms with Gasteiger partial charge in [0, 0.05) is 17.1 Å². The van der Waals surface area contributed by atoms with Crippen LogP contribution in [-0.2, 0) is 16.5 Å². The molecule has 0 bridgehead atoms. The number of ether oxygens (including phenoxy) is 1. The van der Waals surface area contributed by atoms with Crippen LogP contribution in [0, 0.1) is 0 Å². The largest absolute Gasteiger partial charge is 0.505 e. The molecule has 0 saturated heterocycles. The monoisotopic (exact) mass is 587 g/mol. The highest BCUT2D eigenvalue weighted by Gasteiger charge is 2.22. The number of rotatable bonds is 8. The van der Waals surface area contributed by atoms with E-state index in [0.717, 1.165) is 0 Å². The molecule has 0 aliphatic carbocycles. The number of aryl methyl sites for hydroxylation is 1. The number of halogens is 2. The maximum absolute atomic E-state index is 13.2. The average molecular weight is 588 g/mol. The Hall–Kier alpha value is -3.70. The van der Waals surface area contributed by atoms with E-state index in [4.69, 9.17) is 27.9 Å². The van der Waals surface area contributed by atoms with E-state index < -0.39 is 26.7 Å². The van der Waals surface area contributed by atoms with Crippen LogP contribution in [0.15, 0.2) is 75.8 Å². The fourth-order valence-electron chi connectivity index (χ4n) is 3.90. The molecule has 4 aromatic carbocycles. The van der Waals surface area contributed by atoms with Gasteiger partial charge in [0.1, 0.15) is 22.0 Å². The molecule has 202 valence electrons. The minimum Gasteiger partial charge on any atom is -0.505 e. The highest BCUT2D eigenvalue weighted by atomic mass is 35.5. The lowest BCUT2D eigenvalue weighted by Crippen LogP contribution is -2.12. The summed E-state index contributed by atoms with van der Waals surface area (Å²) in [6.07, 6.45) is 0.465. The summed E-state index contributed by atoms with van der Waals surface area (Å²) in [5.41, 5.74) is 0.461. The Morgan fingerprint density at radius 3 is 2.41 bits per heavy atom. The van der Waals surface area contributed by atoms with Crippen LogP contribution < -0.4 is 10.1 Å². The summed E-state index contributed by atoms with van der Waals surface area (Å²) in [6.45, 7) is 3.99. The number of anilines is 1. The van der Waals surface area contributed by atoms with Crippen molar-refractivity contribution in [2.24, 2.45) is 10.2 Å². The molecule has 1 amide bonds. The maximum Gasteiger partial charge on any atom is 0.296 e. The number of hydrogen-bond acceptors (Lipinski definition) is 7. The summed E-state index contributed by atoms with van der Waals surface area (Å²) in [7, 11) is -4.69. The first kappa shape index (κ1) is 28.3. The van der Waals surface area contributed by atoms with Crippen LogP contribution >= 0.6 is 23.2 Å². The maximum atomic E-state index is 13.2. The Labute approximate surface area is 234 Å². The first-order valence-electron chi connectivity index (χ1n) is 11.7. The lowest BCUT2D eigenvalue weighted by Gasteiger charge is -2.13. The molecule has 0 unspecified atom stereocenters. The molecular weight excluding hydrogens is 565 g/mol. The fourth-order valence-corrected chi connectivity index (χ4v) is 5.09. The molecule has 4 rings (SSSR count). The molecule has 0 saturated carbocycles. The van der Waals surface area contributed by atoms with Crippen molar-refractivity contribution in [3.63, 3.8) is 0 Å². The molecule has 0 heterocycles. The smallest absolute Gasteiger partial charge is 0.296 e. The second kappa shape index (κ2) is 11.6. The number of nitrogens with one attached hydrogen (secondary N) is 1. The minimum absolute atomic E-state index is 0.0121. The third kappa shape index (κ3) is 5.99. The molecule has 0 aliphatic heterocycles. The highest BCUT2D eigenvalue weighted by molar-refractivity contribution is 7.86. The van der Waals surface area contributed by atoms with Gasteiger partial charge in [-0.2, -0.15) is 8.42 Å². The van der Waals surface area contributed by atoms with Gasteiger partial charge in [-0.3, -0.25) is 9.35 Å². The Morgan fingerprint density at radius 2 is 1.72 bits per heavy atom. The average Bonchev–Trinajstić information content (AvgIpc) is 2.89. The van der Waals surface area contributed by atoms with Crippen molar-refractivity contribution in [2.75, 3.05) is 11.9 Å². The molecular formula is C27H23Cl2N3O6S. The van der Waals surface area contributed by atoms with E-state index in [9.17, 15) is 22.9 Å². The molecule has 3 N–H and O–H groups in total. The van der Waals surface area contributed by atoms with Gasteiger partial charge in [-0.25, -0.2) is 0 Å². The third-order valence-electron chi connectivity index (χ3n) is 5.80. The number of phenols is 1. The van der Waals surface area contributed by atoms with E-state index >= 15 is 0 Å². The zero-order valence-corrected chi connectivity index (χ0v) is 23.1. The SMILES string of the molecule is CCOc1cc(NC(=O)c2cc3ccccc3c(N=Nc3c(S(=O)(=O)O)ccc(CC)c3Cl)c2O)ccc1Cl. The van der Waals surface area contributed by atoms with Crippen molar-refractivity contribution in [1.29, 1.82) is 0 Å². The Morgan fingerprint density at radius 1 is 1.00 bits per heavy atom. The van der Waals surface area contributed by atoms with Crippen LogP contribution in [0.2, 0.25) is 10.0 Å². The summed E-state index contributed by atoms with van der Waals surface area (Å²) in [6, 6.07) is 15.7. The Kier molecular flexibility index (Phi) is 8.41. The third-order valence-corrected chi connectivity index (χ3v) is 7.42. The fraction of sp³-hybridized carbons (Fsp3) is 0.148. The van der Waals surface area contributed by atoms with Gasteiger partial charge in [-0.15, -0.1) is 10.2 Å². The number of azo groups is 1. The second-order valence-electron chi connectivity index (χ2n) is 8.29. The number of amides is 1.